The third-order valence-electron chi connectivity index (χ3n) is 3.89. The van der Waals surface area contributed by atoms with Crippen LogP contribution in [0.5, 0.6) is 11.9 Å². The first-order valence-corrected chi connectivity index (χ1v) is 7.51. The Labute approximate surface area is 123 Å². The molecule has 0 amide bonds. The van der Waals surface area contributed by atoms with Crippen molar-refractivity contribution in [1.82, 2.24) is 14.5 Å². The zero-order valence-corrected chi connectivity index (χ0v) is 12.4. The van der Waals surface area contributed by atoms with Crippen molar-refractivity contribution in [3.63, 3.8) is 0 Å². The van der Waals surface area contributed by atoms with E-state index in [9.17, 15) is 4.39 Å². The minimum Gasteiger partial charge on any atom is -0.476 e. The Kier molecular flexibility index (Phi) is 3.94. The van der Waals surface area contributed by atoms with Crippen molar-refractivity contribution in [3.05, 3.63) is 12.0 Å². The molecule has 1 aliphatic rings. The Morgan fingerprint density at radius 3 is 2.81 bits per heavy atom. The standard InChI is InChI=1S/C15H20FN3O2/c1-3-20-14-12(16)13-11(9-17-14)18-15(19(13)2)21-10-7-5-4-6-8-10/h9-10H,3-8H2,1-2H3. The van der Waals surface area contributed by atoms with Crippen LogP contribution in [0.2, 0.25) is 0 Å². The van der Waals surface area contributed by atoms with Crippen LogP contribution in [0, 0.1) is 5.82 Å². The minimum absolute atomic E-state index is 0.0113. The maximum absolute atomic E-state index is 14.4. The summed E-state index contributed by atoms with van der Waals surface area (Å²) in [5.74, 6) is -0.472. The lowest BCUT2D eigenvalue weighted by Crippen LogP contribution is -2.21. The Hall–Kier alpha value is -1.85. The molecule has 0 atom stereocenters. The highest BCUT2D eigenvalue weighted by atomic mass is 19.1. The van der Waals surface area contributed by atoms with E-state index in [4.69, 9.17) is 9.47 Å². The van der Waals surface area contributed by atoms with Crippen molar-refractivity contribution < 1.29 is 13.9 Å². The molecule has 21 heavy (non-hydrogen) atoms. The van der Waals surface area contributed by atoms with Crippen molar-refractivity contribution in [2.45, 2.75) is 45.1 Å². The molecule has 0 unspecified atom stereocenters. The topological polar surface area (TPSA) is 49.2 Å². The van der Waals surface area contributed by atoms with Crippen LogP contribution < -0.4 is 9.47 Å². The Balaban J connectivity index is 1.93. The van der Waals surface area contributed by atoms with Gasteiger partial charge >= 0.3 is 0 Å². The van der Waals surface area contributed by atoms with E-state index < -0.39 is 5.82 Å². The number of pyridine rings is 1. The number of imidazole rings is 1. The van der Waals surface area contributed by atoms with Crippen LogP contribution in [0.15, 0.2) is 6.20 Å². The van der Waals surface area contributed by atoms with Crippen LogP contribution in [0.1, 0.15) is 39.0 Å². The molecule has 114 valence electrons. The number of rotatable bonds is 4. The van der Waals surface area contributed by atoms with Gasteiger partial charge in [0, 0.05) is 7.05 Å². The molecular formula is C15H20FN3O2. The van der Waals surface area contributed by atoms with Gasteiger partial charge in [-0.2, -0.15) is 9.37 Å². The van der Waals surface area contributed by atoms with E-state index in [1.807, 2.05) is 0 Å². The summed E-state index contributed by atoms with van der Waals surface area (Å²) in [4.78, 5) is 8.32. The van der Waals surface area contributed by atoms with Crippen LogP contribution in [0.3, 0.4) is 0 Å². The number of fused-ring (bicyclic) bond motifs is 1. The van der Waals surface area contributed by atoms with Crippen LogP contribution in [0.25, 0.3) is 11.0 Å². The van der Waals surface area contributed by atoms with Crippen LogP contribution >= 0.6 is 0 Å². The number of ether oxygens (including phenoxy) is 2. The van der Waals surface area contributed by atoms with Gasteiger partial charge in [0.05, 0.1) is 12.8 Å². The van der Waals surface area contributed by atoms with Crippen molar-refractivity contribution in [3.8, 4) is 11.9 Å². The van der Waals surface area contributed by atoms with E-state index in [1.165, 1.54) is 25.5 Å². The van der Waals surface area contributed by atoms with Crippen molar-refractivity contribution >= 4 is 11.0 Å². The Morgan fingerprint density at radius 2 is 2.10 bits per heavy atom. The molecule has 2 aromatic rings. The summed E-state index contributed by atoms with van der Waals surface area (Å²) in [6, 6.07) is 0.450. The van der Waals surface area contributed by atoms with Gasteiger partial charge in [-0.25, -0.2) is 4.98 Å². The van der Waals surface area contributed by atoms with Gasteiger partial charge in [-0.3, -0.25) is 4.57 Å². The van der Waals surface area contributed by atoms with Gasteiger partial charge in [0.25, 0.3) is 11.9 Å². The summed E-state index contributed by atoms with van der Waals surface area (Å²) in [5.41, 5.74) is 0.864. The lowest BCUT2D eigenvalue weighted by atomic mass is 9.98. The molecular weight excluding hydrogens is 273 g/mol. The maximum Gasteiger partial charge on any atom is 0.297 e. The molecule has 0 saturated heterocycles. The first-order valence-electron chi connectivity index (χ1n) is 7.51. The van der Waals surface area contributed by atoms with E-state index in [2.05, 4.69) is 9.97 Å². The van der Waals surface area contributed by atoms with E-state index in [0.29, 0.717) is 23.7 Å². The molecule has 3 rings (SSSR count). The van der Waals surface area contributed by atoms with E-state index >= 15 is 0 Å². The van der Waals surface area contributed by atoms with Gasteiger partial charge in [-0.1, -0.05) is 6.42 Å². The largest absolute Gasteiger partial charge is 0.476 e. The van der Waals surface area contributed by atoms with Crippen molar-refractivity contribution in [1.29, 1.82) is 0 Å². The molecule has 6 heteroatoms. The SMILES string of the molecule is CCOc1ncc2nc(OC3CCCCC3)n(C)c2c1F. The van der Waals surface area contributed by atoms with E-state index in [-0.39, 0.29) is 12.0 Å². The number of aromatic nitrogens is 3. The minimum atomic E-state index is -0.483. The normalized spacial score (nSPS) is 16.3. The summed E-state index contributed by atoms with van der Waals surface area (Å²) in [6.45, 7) is 2.17. The number of aryl methyl sites for hydroxylation is 1. The lowest BCUT2D eigenvalue weighted by Gasteiger charge is -2.22. The highest BCUT2D eigenvalue weighted by molar-refractivity contribution is 5.77. The summed E-state index contributed by atoms with van der Waals surface area (Å²) < 4.78 is 27.2. The fourth-order valence-corrected chi connectivity index (χ4v) is 2.80. The fraction of sp³-hybridized carbons (Fsp3) is 0.600. The molecule has 0 N–H and O–H groups in total. The van der Waals surface area contributed by atoms with Crippen LogP contribution in [-0.2, 0) is 7.05 Å². The van der Waals surface area contributed by atoms with Gasteiger partial charge in [-0.05, 0) is 32.6 Å². The molecule has 0 bridgehead atoms. The quantitative estimate of drug-likeness (QED) is 0.868. The van der Waals surface area contributed by atoms with Gasteiger partial charge in [0.1, 0.15) is 17.1 Å². The molecule has 2 aromatic heterocycles. The molecule has 1 saturated carbocycles. The highest BCUT2D eigenvalue weighted by Crippen LogP contribution is 2.29. The molecule has 0 spiro atoms. The molecule has 0 radical (unpaired) electrons. The smallest absolute Gasteiger partial charge is 0.297 e. The third-order valence-corrected chi connectivity index (χ3v) is 3.89. The molecule has 0 aromatic carbocycles. The summed E-state index contributed by atoms with van der Waals surface area (Å²) in [5, 5.41) is 0. The third kappa shape index (κ3) is 2.66. The molecule has 1 fully saturated rings. The maximum atomic E-state index is 14.4. The lowest BCUT2D eigenvalue weighted by molar-refractivity contribution is 0.138. The predicted octanol–water partition coefficient (Wildman–Crippen LogP) is 3.22. The predicted molar refractivity (Wildman–Crippen MR) is 77.1 cm³/mol. The summed E-state index contributed by atoms with van der Waals surface area (Å²) in [6.07, 6.45) is 7.40. The fourth-order valence-electron chi connectivity index (χ4n) is 2.80. The van der Waals surface area contributed by atoms with Gasteiger partial charge in [0.2, 0.25) is 5.82 Å². The number of halogens is 1. The zero-order valence-electron chi connectivity index (χ0n) is 12.4. The second-order valence-corrected chi connectivity index (χ2v) is 5.38. The van der Waals surface area contributed by atoms with E-state index in [1.54, 1.807) is 18.5 Å². The molecule has 0 aliphatic heterocycles. The van der Waals surface area contributed by atoms with Gasteiger partial charge in [0.15, 0.2) is 0 Å². The first kappa shape index (κ1) is 14.1. The Bertz CT molecular complexity index is 635. The van der Waals surface area contributed by atoms with Gasteiger partial charge < -0.3 is 9.47 Å². The number of hydrogen-bond donors (Lipinski definition) is 0. The monoisotopic (exact) mass is 293 g/mol. The second kappa shape index (κ2) is 5.87. The highest BCUT2D eigenvalue weighted by Gasteiger charge is 2.21. The summed E-state index contributed by atoms with van der Waals surface area (Å²) >= 11 is 0. The zero-order chi connectivity index (χ0) is 14.8. The first-order chi connectivity index (χ1) is 10.2. The van der Waals surface area contributed by atoms with Crippen molar-refractivity contribution in [2.75, 3.05) is 6.61 Å². The molecule has 1 aliphatic carbocycles. The Morgan fingerprint density at radius 1 is 1.33 bits per heavy atom. The second-order valence-electron chi connectivity index (χ2n) is 5.38. The number of nitrogens with zero attached hydrogens (tertiary/aromatic N) is 3. The van der Waals surface area contributed by atoms with Gasteiger partial charge in [-0.15, -0.1) is 0 Å². The average Bonchev–Trinajstić information content (AvgIpc) is 2.80. The van der Waals surface area contributed by atoms with E-state index in [0.717, 1.165) is 12.8 Å². The summed E-state index contributed by atoms with van der Waals surface area (Å²) in [7, 11) is 1.76. The molecule has 5 nitrogen and oxygen atoms in total. The average molecular weight is 293 g/mol. The van der Waals surface area contributed by atoms with Crippen molar-refractivity contribution in [2.24, 2.45) is 7.05 Å². The van der Waals surface area contributed by atoms with Crippen LogP contribution in [-0.4, -0.2) is 27.2 Å². The molecule has 2 heterocycles. The van der Waals surface area contributed by atoms with Crippen LogP contribution in [0.4, 0.5) is 4.39 Å². The number of hydrogen-bond acceptors (Lipinski definition) is 4.